The van der Waals surface area contributed by atoms with Crippen LogP contribution in [0.25, 0.3) is 0 Å². The summed E-state index contributed by atoms with van der Waals surface area (Å²) in [4.78, 5) is 7.02. The molecule has 21 heavy (non-hydrogen) atoms. The minimum absolute atomic E-state index is 0.250. The van der Waals surface area contributed by atoms with Crippen LogP contribution in [0.4, 0.5) is 5.82 Å². The molecule has 118 valence electrons. The SMILES string of the molecule is CCC(N)Cc1ccc(N(C)C2CCC(CC)CC2)nc1. The van der Waals surface area contributed by atoms with Crippen LogP contribution in [-0.2, 0) is 6.42 Å². The quantitative estimate of drug-likeness (QED) is 0.867. The van der Waals surface area contributed by atoms with Crippen LogP contribution in [-0.4, -0.2) is 24.1 Å². The number of rotatable bonds is 6. The van der Waals surface area contributed by atoms with Gasteiger partial charge in [-0.25, -0.2) is 4.98 Å². The summed E-state index contributed by atoms with van der Waals surface area (Å²) in [7, 11) is 2.19. The molecule has 0 saturated heterocycles. The number of pyridine rings is 1. The Morgan fingerprint density at radius 2 is 1.95 bits per heavy atom. The molecule has 3 heteroatoms. The number of hydrogen-bond acceptors (Lipinski definition) is 3. The fourth-order valence-corrected chi connectivity index (χ4v) is 3.32. The van der Waals surface area contributed by atoms with Gasteiger partial charge in [-0.05, 0) is 56.1 Å². The number of nitrogens with two attached hydrogens (primary N) is 1. The van der Waals surface area contributed by atoms with Crippen molar-refractivity contribution in [3.05, 3.63) is 23.9 Å². The first-order valence-corrected chi connectivity index (χ1v) is 8.57. The fourth-order valence-electron chi connectivity index (χ4n) is 3.32. The predicted molar refractivity (Wildman–Crippen MR) is 90.6 cm³/mol. The molecule has 0 radical (unpaired) electrons. The summed E-state index contributed by atoms with van der Waals surface area (Å²) in [5.74, 6) is 2.05. The third kappa shape index (κ3) is 4.44. The minimum Gasteiger partial charge on any atom is -0.357 e. The first kappa shape index (κ1) is 16.3. The van der Waals surface area contributed by atoms with Crippen LogP contribution >= 0.6 is 0 Å². The molecule has 2 rings (SSSR count). The van der Waals surface area contributed by atoms with Crippen LogP contribution in [0, 0.1) is 5.92 Å². The Balaban J connectivity index is 1.92. The molecule has 0 aliphatic heterocycles. The topological polar surface area (TPSA) is 42.1 Å². The van der Waals surface area contributed by atoms with E-state index in [2.05, 4.69) is 42.9 Å². The van der Waals surface area contributed by atoms with Crippen LogP contribution in [0.3, 0.4) is 0 Å². The first-order chi connectivity index (χ1) is 10.1. The molecule has 0 spiro atoms. The molecule has 0 amide bonds. The highest BCUT2D eigenvalue weighted by Gasteiger charge is 2.23. The molecule has 1 aromatic rings. The number of anilines is 1. The molecule has 1 unspecified atom stereocenters. The zero-order valence-electron chi connectivity index (χ0n) is 13.9. The normalized spacial score (nSPS) is 23.8. The van der Waals surface area contributed by atoms with Gasteiger partial charge in [0.15, 0.2) is 0 Å². The van der Waals surface area contributed by atoms with Gasteiger partial charge in [-0.15, -0.1) is 0 Å². The van der Waals surface area contributed by atoms with Crippen molar-refractivity contribution in [2.45, 2.75) is 70.9 Å². The van der Waals surface area contributed by atoms with Gasteiger partial charge < -0.3 is 10.6 Å². The van der Waals surface area contributed by atoms with Crippen molar-refractivity contribution < 1.29 is 0 Å². The van der Waals surface area contributed by atoms with Crippen LogP contribution in [0.15, 0.2) is 18.3 Å². The Kier molecular flexibility index (Phi) is 6.04. The molecule has 1 atom stereocenters. The van der Waals surface area contributed by atoms with Crippen LogP contribution < -0.4 is 10.6 Å². The van der Waals surface area contributed by atoms with Crippen molar-refractivity contribution in [1.29, 1.82) is 0 Å². The second-order valence-corrected chi connectivity index (χ2v) is 6.59. The molecule has 1 saturated carbocycles. The summed E-state index contributed by atoms with van der Waals surface area (Å²) in [5.41, 5.74) is 7.25. The Hall–Kier alpha value is -1.09. The average molecular weight is 289 g/mol. The molecular weight excluding hydrogens is 258 g/mol. The number of hydrogen-bond donors (Lipinski definition) is 1. The van der Waals surface area contributed by atoms with E-state index in [1.165, 1.54) is 37.7 Å². The van der Waals surface area contributed by atoms with Crippen LogP contribution in [0.1, 0.15) is 57.9 Å². The lowest BCUT2D eigenvalue weighted by Gasteiger charge is -2.35. The molecule has 1 aliphatic carbocycles. The van der Waals surface area contributed by atoms with Gasteiger partial charge >= 0.3 is 0 Å². The average Bonchev–Trinajstić information content (AvgIpc) is 2.55. The molecule has 0 bridgehead atoms. The van der Waals surface area contributed by atoms with E-state index in [4.69, 9.17) is 5.73 Å². The van der Waals surface area contributed by atoms with E-state index in [-0.39, 0.29) is 6.04 Å². The van der Waals surface area contributed by atoms with E-state index in [0.29, 0.717) is 6.04 Å². The third-order valence-electron chi connectivity index (χ3n) is 5.13. The lowest BCUT2D eigenvalue weighted by Crippen LogP contribution is -2.35. The van der Waals surface area contributed by atoms with Gasteiger partial charge in [0, 0.05) is 25.3 Å². The third-order valence-corrected chi connectivity index (χ3v) is 5.13. The molecule has 1 aliphatic rings. The molecular formula is C18H31N3. The molecule has 3 nitrogen and oxygen atoms in total. The highest BCUT2D eigenvalue weighted by molar-refractivity contribution is 5.39. The van der Waals surface area contributed by atoms with E-state index in [1.54, 1.807) is 0 Å². The van der Waals surface area contributed by atoms with E-state index >= 15 is 0 Å². The van der Waals surface area contributed by atoms with Crippen molar-refractivity contribution in [2.24, 2.45) is 11.7 Å². The Bertz CT molecular complexity index is 407. The maximum absolute atomic E-state index is 6.01. The largest absolute Gasteiger partial charge is 0.357 e. The van der Waals surface area contributed by atoms with E-state index in [0.717, 1.165) is 24.6 Å². The van der Waals surface area contributed by atoms with Gasteiger partial charge in [0.1, 0.15) is 5.82 Å². The molecule has 1 aromatic heterocycles. The Morgan fingerprint density at radius 3 is 2.48 bits per heavy atom. The van der Waals surface area contributed by atoms with Gasteiger partial charge in [0.2, 0.25) is 0 Å². The number of nitrogens with zero attached hydrogens (tertiary/aromatic N) is 2. The summed E-state index contributed by atoms with van der Waals surface area (Å²) < 4.78 is 0. The number of aromatic nitrogens is 1. The monoisotopic (exact) mass is 289 g/mol. The van der Waals surface area contributed by atoms with E-state index in [9.17, 15) is 0 Å². The molecule has 1 heterocycles. The van der Waals surface area contributed by atoms with Crippen LogP contribution in [0.2, 0.25) is 0 Å². The summed E-state index contributed by atoms with van der Waals surface area (Å²) in [6.07, 6.45) is 10.6. The van der Waals surface area contributed by atoms with Crippen molar-refractivity contribution >= 4 is 5.82 Å². The van der Waals surface area contributed by atoms with E-state index < -0.39 is 0 Å². The molecule has 1 fully saturated rings. The summed E-state index contributed by atoms with van der Waals surface area (Å²) in [6, 6.07) is 5.25. The molecule has 2 N–H and O–H groups in total. The van der Waals surface area contributed by atoms with Crippen molar-refractivity contribution in [3.63, 3.8) is 0 Å². The minimum atomic E-state index is 0.250. The highest BCUT2D eigenvalue weighted by Crippen LogP contribution is 2.30. The van der Waals surface area contributed by atoms with Gasteiger partial charge in [-0.1, -0.05) is 26.3 Å². The predicted octanol–water partition coefficient (Wildman–Crippen LogP) is 3.77. The zero-order valence-corrected chi connectivity index (χ0v) is 13.9. The summed E-state index contributed by atoms with van der Waals surface area (Å²) in [5, 5.41) is 0. The molecule has 0 aromatic carbocycles. The maximum atomic E-state index is 6.01. The smallest absolute Gasteiger partial charge is 0.128 e. The lowest BCUT2D eigenvalue weighted by molar-refractivity contribution is 0.313. The second-order valence-electron chi connectivity index (χ2n) is 6.59. The van der Waals surface area contributed by atoms with Crippen molar-refractivity contribution in [2.75, 3.05) is 11.9 Å². The summed E-state index contributed by atoms with van der Waals surface area (Å²) >= 11 is 0. The van der Waals surface area contributed by atoms with Gasteiger partial charge in [-0.2, -0.15) is 0 Å². The first-order valence-electron chi connectivity index (χ1n) is 8.57. The fraction of sp³-hybridized carbons (Fsp3) is 0.722. The standard InChI is InChI=1S/C18H31N3/c1-4-14-6-9-17(10-7-14)21(3)18-11-8-15(13-20-18)12-16(19)5-2/h8,11,13-14,16-17H,4-7,9-10,12,19H2,1-3H3. The van der Waals surface area contributed by atoms with Crippen molar-refractivity contribution in [1.82, 2.24) is 4.98 Å². The second kappa shape index (κ2) is 7.79. The summed E-state index contributed by atoms with van der Waals surface area (Å²) in [6.45, 7) is 4.45. The van der Waals surface area contributed by atoms with E-state index in [1.807, 2.05) is 6.20 Å². The maximum Gasteiger partial charge on any atom is 0.128 e. The Labute approximate surface area is 129 Å². The van der Waals surface area contributed by atoms with Gasteiger partial charge in [-0.3, -0.25) is 0 Å². The Morgan fingerprint density at radius 1 is 1.24 bits per heavy atom. The van der Waals surface area contributed by atoms with Crippen LogP contribution in [0.5, 0.6) is 0 Å². The van der Waals surface area contributed by atoms with Crippen molar-refractivity contribution in [3.8, 4) is 0 Å². The van der Waals surface area contributed by atoms with Gasteiger partial charge in [0.05, 0.1) is 0 Å². The van der Waals surface area contributed by atoms with Gasteiger partial charge in [0.25, 0.3) is 0 Å². The highest BCUT2D eigenvalue weighted by atomic mass is 15.2. The zero-order chi connectivity index (χ0) is 15.2. The lowest BCUT2D eigenvalue weighted by atomic mass is 9.84.